The summed E-state index contributed by atoms with van der Waals surface area (Å²) in [4.78, 5) is 0. The Morgan fingerprint density at radius 3 is 2.29 bits per heavy atom. The topological polar surface area (TPSA) is 54.7 Å². The van der Waals surface area contributed by atoms with E-state index in [1.807, 2.05) is 0 Å². The normalized spacial score (nSPS) is 11.1. The van der Waals surface area contributed by atoms with E-state index >= 15 is 0 Å². The summed E-state index contributed by atoms with van der Waals surface area (Å²) in [6.45, 7) is 4.20. The van der Waals surface area contributed by atoms with Crippen molar-refractivity contribution in [1.82, 2.24) is 10.2 Å². The third-order valence-corrected chi connectivity index (χ3v) is 2.44. The predicted molar refractivity (Wildman–Crippen MR) is 55.5 cm³/mol. The second-order valence-corrected chi connectivity index (χ2v) is 3.61. The van der Waals surface area contributed by atoms with Crippen LogP contribution in [0.25, 0.3) is 0 Å². The summed E-state index contributed by atoms with van der Waals surface area (Å²) in [5, 5.41) is 6.37. The molecule has 1 rings (SSSR count). The fourth-order valence-electron chi connectivity index (χ4n) is 1.76. The van der Waals surface area contributed by atoms with Gasteiger partial charge in [-0.15, -0.1) is 0 Å². The van der Waals surface area contributed by atoms with Crippen LogP contribution in [0.1, 0.15) is 51.1 Å². The number of nitrogen functional groups attached to an aromatic ring is 1. The van der Waals surface area contributed by atoms with Gasteiger partial charge in [0.25, 0.3) is 0 Å². The number of hydrogen-bond donors (Lipinski definition) is 2. The third-order valence-electron chi connectivity index (χ3n) is 2.44. The van der Waals surface area contributed by atoms with Crippen molar-refractivity contribution in [2.24, 2.45) is 0 Å². The smallest absolute Gasteiger partial charge is 0.188 e. The van der Waals surface area contributed by atoms with Crippen molar-refractivity contribution in [3.8, 4) is 0 Å². The number of nitrogens with zero attached hydrogens (tertiary/aromatic N) is 1. The predicted octanol–water partition coefficient (Wildman–Crippen LogP) is 2.81. The molecule has 1 heterocycles. The minimum absolute atomic E-state index is 0.0165. The summed E-state index contributed by atoms with van der Waals surface area (Å²) in [6, 6.07) is 0. The number of anilines is 1. The number of nitrogens with one attached hydrogen (secondary N) is 1. The molecule has 14 heavy (non-hydrogen) atoms. The second kappa shape index (κ2) is 4.98. The zero-order valence-corrected chi connectivity index (χ0v) is 8.81. The van der Waals surface area contributed by atoms with Crippen LogP contribution in [-0.4, -0.2) is 10.2 Å². The highest BCUT2D eigenvalue weighted by molar-refractivity contribution is 5.33. The van der Waals surface area contributed by atoms with E-state index in [-0.39, 0.29) is 17.6 Å². The maximum absolute atomic E-state index is 13.4. The molecule has 0 atom stereocenters. The zero-order valence-electron chi connectivity index (χ0n) is 8.81. The van der Waals surface area contributed by atoms with Crippen molar-refractivity contribution in [3.63, 3.8) is 0 Å². The maximum atomic E-state index is 13.4. The van der Waals surface area contributed by atoms with E-state index in [0.29, 0.717) is 5.69 Å². The summed E-state index contributed by atoms with van der Waals surface area (Å²) < 4.78 is 13.4. The Labute approximate surface area is 83.9 Å². The Kier molecular flexibility index (Phi) is 3.92. The number of hydrogen-bond acceptors (Lipinski definition) is 2. The van der Waals surface area contributed by atoms with Gasteiger partial charge in [0, 0.05) is 5.92 Å². The number of aromatic amines is 1. The standard InChI is InChI=1S/C10H18FN3/c1-3-5-7(6-4-2)9-8(11)10(12)14-13-9/h7H,3-6H2,1-2H3,(H3,12,13,14). The van der Waals surface area contributed by atoms with E-state index in [4.69, 9.17) is 5.73 Å². The van der Waals surface area contributed by atoms with E-state index in [1.165, 1.54) is 0 Å². The molecule has 0 fully saturated rings. The highest BCUT2D eigenvalue weighted by Crippen LogP contribution is 2.28. The van der Waals surface area contributed by atoms with E-state index in [2.05, 4.69) is 24.0 Å². The summed E-state index contributed by atoms with van der Waals surface area (Å²) in [6.07, 6.45) is 4.05. The first-order valence-corrected chi connectivity index (χ1v) is 5.19. The zero-order chi connectivity index (χ0) is 10.6. The van der Waals surface area contributed by atoms with Gasteiger partial charge in [-0.25, -0.2) is 4.39 Å². The summed E-state index contributed by atoms with van der Waals surface area (Å²) >= 11 is 0. The Morgan fingerprint density at radius 2 is 1.93 bits per heavy atom. The van der Waals surface area contributed by atoms with E-state index in [9.17, 15) is 4.39 Å². The van der Waals surface area contributed by atoms with Crippen LogP contribution in [0, 0.1) is 5.82 Å². The van der Waals surface area contributed by atoms with Gasteiger partial charge in [-0.05, 0) is 12.8 Å². The minimum Gasteiger partial charge on any atom is -0.380 e. The third kappa shape index (κ3) is 2.25. The molecule has 0 saturated carbocycles. The second-order valence-electron chi connectivity index (χ2n) is 3.61. The van der Waals surface area contributed by atoms with Gasteiger partial charge in [0.1, 0.15) is 0 Å². The average molecular weight is 199 g/mol. The molecule has 0 aliphatic heterocycles. The number of H-pyrrole nitrogens is 1. The molecule has 0 saturated heterocycles. The lowest BCUT2D eigenvalue weighted by Crippen LogP contribution is -2.01. The number of aromatic nitrogens is 2. The Bertz CT molecular complexity index is 277. The Hall–Kier alpha value is -1.06. The quantitative estimate of drug-likeness (QED) is 0.766. The summed E-state index contributed by atoms with van der Waals surface area (Å²) in [5.74, 6) is -0.149. The molecule has 0 aliphatic rings. The van der Waals surface area contributed by atoms with Crippen LogP contribution in [0.3, 0.4) is 0 Å². The van der Waals surface area contributed by atoms with Crippen LogP contribution in [0.15, 0.2) is 0 Å². The Morgan fingerprint density at radius 1 is 1.36 bits per heavy atom. The summed E-state index contributed by atoms with van der Waals surface area (Å²) in [5.41, 5.74) is 5.93. The van der Waals surface area contributed by atoms with Crippen LogP contribution < -0.4 is 5.73 Å². The van der Waals surface area contributed by atoms with Gasteiger partial charge >= 0.3 is 0 Å². The number of nitrogens with two attached hydrogens (primary N) is 1. The van der Waals surface area contributed by atoms with Crippen LogP contribution in [0.2, 0.25) is 0 Å². The summed E-state index contributed by atoms with van der Waals surface area (Å²) in [7, 11) is 0. The first kappa shape index (κ1) is 11.0. The number of rotatable bonds is 5. The van der Waals surface area contributed by atoms with Crippen molar-refractivity contribution in [2.75, 3.05) is 5.73 Å². The van der Waals surface area contributed by atoms with Gasteiger partial charge in [0.05, 0.1) is 5.69 Å². The van der Waals surface area contributed by atoms with Gasteiger partial charge in [-0.1, -0.05) is 26.7 Å². The molecular weight excluding hydrogens is 181 g/mol. The van der Waals surface area contributed by atoms with Gasteiger partial charge in [-0.2, -0.15) is 5.10 Å². The molecule has 1 aromatic heterocycles. The first-order valence-electron chi connectivity index (χ1n) is 5.19. The molecular formula is C10H18FN3. The molecule has 1 aromatic rings. The van der Waals surface area contributed by atoms with Gasteiger partial charge in [0.15, 0.2) is 11.6 Å². The molecule has 0 bridgehead atoms. The molecule has 0 aliphatic carbocycles. The first-order chi connectivity index (χ1) is 6.70. The highest BCUT2D eigenvalue weighted by Gasteiger charge is 2.18. The fourth-order valence-corrected chi connectivity index (χ4v) is 1.76. The van der Waals surface area contributed by atoms with E-state index < -0.39 is 0 Å². The van der Waals surface area contributed by atoms with Crippen LogP contribution in [-0.2, 0) is 0 Å². The highest BCUT2D eigenvalue weighted by atomic mass is 19.1. The van der Waals surface area contributed by atoms with E-state index in [1.54, 1.807) is 0 Å². The molecule has 0 amide bonds. The van der Waals surface area contributed by atoms with Crippen LogP contribution in [0.5, 0.6) is 0 Å². The van der Waals surface area contributed by atoms with Crippen molar-refractivity contribution in [2.45, 2.75) is 45.4 Å². The molecule has 80 valence electrons. The molecule has 3 N–H and O–H groups in total. The lowest BCUT2D eigenvalue weighted by Gasteiger charge is -2.12. The Balaban J connectivity index is 2.81. The fraction of sp³-hybridized carbons (Fsp3) is 0.700. The van der Waals surface area contributed by atoms with Crippen LogP contribution >= 0.6 is 0 Å². The van der Waals surface area contributed by atoms with Crippen molar-refractivity contribution < 1.29 is 4.39 Å². The minimum atomic E-state index is -0.364. The molecule has 0 radical (unpaired) electrons. The van der Waals surface area contributed by atoms with Gasteiger partial charge in [-0.3, -0.25) is 5.10 Å². The molecule has 0 unspecified atom stereocenters. The van der Waals surface area contributed by atoms with Crippen LogP contribution in [0.4, 0.5) is 10.2 Å². The van der Waals surface area contributed by atoms with Gasteiger partial charge < -0.3 is 5.73 Å². The van der Waals surface area contributed by atoms with Crippen molar-refractivity contribution in [1.29, 1.82) is 0 Å². The number of halogens is 1. The molecule has 4 heteroatoms. The average Bonchev–Trinajstić information content (AvgIpc) is 2.48. The van der Waals surface area contributed by atoms with Crippen molar-refractivity contribution >= 4 is 5.82 Å². The van der Waals surface area contributed by atoms with Gasteiger partial charge in [0.2, 0.25) is 0 Å². The maximum Gasteiger partial charge on any atom is 0.188 e. The molecule has 0 spiro atoms. The largest absolute Gasteiger partial charge is 0.380 e. The lowest BCUT2D eigenvalue weighted by atomic mass is 9.95. The monoisotopic (exact) mass is 199 g/mol. The lowest BCUT2D eigenvalue weighted by molar-refractivity contribution is 0.512. The van der Waals surface area contributed by atoms with Crippen molar-refractivity contribution in [3.05, 3.63) is 11.5 Å². The van der Waals surface area contributed by atoms with E-state index in [0.717, 1.165) is 25.7 Å². The molecule has 0 aromatic carbocycles. The molecule has 3 nitrogen and oxygen atoms in total. The SMILES string of the molecule is CCCC(CCC)c1[nH]nc(N)c1F.